The van der Waals surface area contributed by atoms with Crippen LogP contribution in [0, 0.1) is 5.41 Å². The Kier molecular flexibility index (Phi) is 6.29. The summed E-state index contributed by atoms with van der Waals surface area (Å²) in [6.45, 7) is 7.05. The quantitative estimate of drug-likeness (QED) is 0.574. The fraction of sp³-hybridized carbons (Fsp3) is 0.562. The first-order valence-corrected chi connectivity index (χ1v) is 7.38. The standard InChI is InChI=1S/C16H25NOS/c1-4-6-13-7-9-14(10-8-13)18-12-5-11-16(2,3)15(17)19/h7-10H,4-6,11-12H2,1-3H3,(H2,17,19). The summed E-state index contributed by atoms with van der Waals surface area (Å²) in [5, 5.41) is 0. The summed E-state index contributed by atoms with van der Waals surface area (Å²) < 4.78 is 5.73. The van der Waals surface area contributed by atoms with Crippen molar-refractivity contribution in [2.75, 3.05) is 6.61 Å². The highest BCUT2D eigenvalue weighted by Gasteiger charge is 2.20. The predicted molar refractivity (Wildman–Crippen MR) is 85.7 cm³/mol. The van der Waals surface area contributed by atoms with Crippen LogP contribution in [0.1, 0.15) is 45.6 Å². The van der Waals surface area contributed by atoms with E-state index in [0.717, 1.165) is 25.0 Å². The molecule has 0 saturated carbocycles. The first-order chi connectivity index (χ1) is 8.95. The molecule has 0 amide bonds. The van der Waals surface area contributed by atoms with Gasteiger partial charge in [-0.25, -0.2) is 0 Å². The minimum Gasteiger partial charge on any atom is -0.494 e. The van der Waals surface area contributed by atoms with Gasteiger partial charge in [0, 0.05) is 5.41 Å². The molecule has 19 heavy (non-hydrogen) atoms. The minimum atomic E-state index is -0.0797. The maximum absolute atomic E-state index is 5.73. The van der Waals surface area contributed by atoms with Crippen LogP contribution in [0.5, 0.6) is 5.75 Å². The molecular formula is C16H25NOS. The summed E-state index contributed by atoms with van der Waals surface area (Å²) >= 11 is 5.05. The van der Waals surface area contributed by atoms with Crippen LogP contribution in [0.2, 0.25) is 0 Å². The molecule has 2 N–H and O–H groups in total. The number of aryl methyl sites for hydroxylation is 1. The third-order valence-electron chi connectivity index (χ3n) is 3.34. The van der Waals surface area contributed by atoms with Crippen LogP contribution in [0.3, 0.4) is 0 Å². The molecule has 1 aromatic carbocycles. The molecule has 0 spiro atoms. The van der Waals surface area contributed by atoms with E-state index in [1.807, 2.05) is 12.1 Å². The van der Waals surface area contributed by atoms with Crippen LogP contribution in [-0.2, 0) is 6.42 Å². The maximum atomic E-state index is 5.73. The van der Waals surface area contributed by atoms with Crippen LogP contribution in [0.25, 0.3) is 0 Å². The lowest BCUT2D eigenvalue weighted by molar-refractivity contribution is 0.288. The normalized spacial score (nSPS) is 11.3. The molecule has 1 rings (SSSR count). The van der Waals surface area contributed by atoms with E-state index in [-0.39, 0.29) is 5.41 Å². The van der Waals surface area contributed by atoms with Crippen molar-refractivity contribution in [1.82, 2.24) is 0 Å². The van der Waals surface area contributed by atoms with E-state index in [9.17, 15) is 0 Å². The van der Waals surface area contributed by atoms with Gasteiger partial charge in [0.2, 0.25) is 0 Å². The lowest BCUT2D eigenvalue weighted by Gasteiger charge is -2.22. The molecule has 0 fully saturated rings. The smallest absolute Gasteiger partial charge is 0.119 e. The lowest BCUT2D eigenvalue weighted by Crippen LogP contribution is -2.30. The van der Waals surface area contributed by atoms with Gasteiger partial charge in [0.1, 0.15) is 5.75 Å². The molecule has 0 aromatic heterocycles. The third-order valence-corrected chi connectivity index (χ3v) is 3.90. The number of rotatable bonds is 8. The van der Waals surface area contributed by atoms with E-state index in [4.69, 9.17) is 22.7 Å². The second-order valence-electron chi connectivity index (χ2n) is 5.59. The first kappa shape index (κ1) is 16.0. The van der Waals surface area contributed by atoms with Crippen molar-refractivity contribution >= 4 is 17.2 Å². The highest BCUT2D eigenvalue weighted by molar-refractivity contribution is 7.80. The van der Waals surface area contributed by atoms with Crippen molar-refractivity contribution in [1.29, 1.82) is 0 Å². The van der Waals surface area contributed by atoms with Gasteiger partial charge < -0.3 is 10.5 Å². The molecule has 0 atom stereocenters. The fourth-order valence-corrected chi connectivity index (χ4v) is 1.97. The molecule has 106 valence electrons. The highest BCUT2D eigenvalue weighted by atomic mass is 32.1. The summed E-state index contributed by atoms with van der Waals surface area (Å²) in [7, 11) is 0. The monoisotopic (exact) mass is 279 g/mol. The zero-order valence-electron chi connectivity index (χ0n) is 12.2. The molecule has 0 aliphatic heterocycles. The molecule has 0 radical (unpaired) electrons. The van der Waals surface area contributed by atoms with E-state index < -0.39 is 0 Å². The van der Waals surface area contributed by atoms with Gasteiger partial charge in [0.25, 0.3) is 0 Å². The Labute approximate surface area is 122 Å². The zero-order chi connectivity index (χ0) is 14.3. The SMILES string of the molecule is CCCc1ccc(OCCCC(C)(C)C(N)=S)cc1. The summed E-state index contributed by atoms with van der Waals surface area (Å²) in [6, 6.07) is 8.36. The topological polar surface area (TPSA) is 35.2 Å². The maximum Gasteiger partial charge on any atom is 0.119 e. The first-order valence-electron chi connectivity index (χ1n) is 6.97. The van der Waals surface area contributed by atoms with Crippen LogP contribution in [-0.4, -0.2) is 11.6 Å². The average Bonchev–Trinajstić information content (AvgIpc) is 2.37. The third kappa shape index (κ3) is 5.60. The Morgan fingerprint density at radius 3 is 2.42 bits per heavy atom. The van der Waals surface area contributed by atoms with Crippen LogP contribution >= 0.6 is 12.2 Å². The van der Waals surface area contributed by atoms with Gasteiger partial charge >= 0.3 is 0 Å². The summed E-state index contributed by atoms with van der Waals surface area (Å²) in [5.41, 5.74) is 6.98. The van der Waals surface area contributed by atoms with Crippen LogP contribution in [0.4, 0.5) is 0 Å². The minimum absolute atomic E-state index is 0.0797. The van der Waals surface area contributed by atoms with E-state index in [1.54, 1.807) is 0 Å². The van der Waals surface area contributed by atoms with Crippen LogP contribution < -0.4 is 10.5 Å². The molecule has 0 saturated heterocycles. The van der Waals surface area contributed by atoms with Crippen molar-refractivity contribution in [3.8, 4) is 5.75 Å². The van der Waals surface area contributed by atoms with E-state index in [2.05, 4.69) is 32.9 Å². The Morgan fingerprint density at radius 1 is 1.26 bits per heavy atom. The van der Waals surface area contributed by atoms with Crippen molar-refractivity contribution in [2.45, 2.75) is 46.5 Å². The average molecular weight is 279 g/mol. The van der Waals surface area contributed by atoms with Crippen LogP contribution in [0.15, 0.2) is 24.3 Å². The Morgan fingerprint density at radius 2 is 1.89 bits per heavy atom. The Balaban J connectivity index is 2.31. The van der Waals surface area contributed by atoms with Crippen molar-refractivity contribution in [3.05, 3.63) is 29.8 Å². The largest absolute Gasteiger partial charge is 0.494 e. The van der Waals surface area contributed by atoms with Crippen molar-refractivity contribution < 1.29 is 4.74 Å². The van der Waals surface area contributed by atoms with Crippen molar-refractivity contribution in [3.63, 3.8) is 0 Å². The van der Waals surface area contributed by atoms with Gasteiger partial charge in [-0.05, 0) is 37.0 Å². The molecule has 0 aliphatic rings. The van der Waals surface area contributed by atoms with Gasteiger partial charge in [-0.15, -0.1) is 0 Å². The number of benzene rings is 1. The molecule has 0 heterocycles. The summed E-state index contributed by atoms with van der Waals surface area (Å²) in [4.78, 5) is 0.580. The van der Waals surface area contributed by atoms with Gasteiger partial charge in [0.15, 0.2) is 0 Å². The molecule has 0 unspecified atom stereocenters. The summed E-state index contributed by atoms with van der Waals surface area (Å²) in [5.74, 6) is 0.938. The molecular weight excluding hydrogens is 254 g/mol. The van der Waals surface area contributed by atoms with Gasteiger partial charge in [-0.2, -0.15) is 0 Å². The van der Waals surface area contributed by atoms with Crippen molar-refractivity contribution in [2.24, 2.45) is 11.1 Å². The highest BCUT2D eigenvalue weighted by Crippen LogP contribution is 2.23. The van der Waals surface area contributed by atoms with E-state index in [1.165, 1.54) is 12.0 Å². The number of hydrogen-bond donors (Lipinski definition) is 1. The number of nitrogens with two attached hydrogens (primary N) is 1. The van der Waals surface area contributed by atoms with E-state index >= 15 is 0 Å². The second-order valence-corrected chi connectivity index (χ2v) is 6.03. The van der Waals surface area contributed by atoms with E-state index in [0.29, 0.717) is 11.6 Å². The fourth-order valence-electron chi connectivity index (χ4n) is 1.87. The predicted octanol–water partition coefficient (Wildman–Crippen LogP) is 4.11. The lowest BCUT2D eigenvalue weighted by atomic mass is 9.88. The van der Waals surface area contributed by atoms with Gasteiger partial charge in [0.05, 0.1) is 11.6 Å². The number of ether oxygens (including phenoxy) is 1. The Hall–Kier alpha value is -1.09. The van der Waals surface area contributed by atoms with Gasteiger partial charge in [-0.3, -0.25) is 0 Å². The molecule has 3 heteroatoms. The molecule has 2 nitrogen and oxygen atoms in total. The molecule has 0 aliphatic carbocycles. The number of thiocarbonyl (C=S) groups is 1. The number of hydrogen-bond acceptors (Lipinski definition) is 2. The van der Waals surface area contributed by atoms with Gasteiger partial charge in [-0.1, -0.05) is 51.5 Å². The molecule has 0 bridgehead atoms. The summed E-state index contributed by atoms with van der Waals surface area (Å²) in [6.07, 6.45) is 4.22. The second kappa shape index (κ2) is 7.49. The Bertz CT molecular complexity index is 398. The molecule has 1 aromatic rings. The zero-order valence-corrected chi connectivity index (χ0v) is 13.1.